The van der Waals surface area contributed by atoms with E-state index in [-0.39, 0.29) is 0 Å². The zero-order valence-electron chi connectivity index (χ0n) is 10.5. The molecule has 2 N–H and O–H groups in total. The fraction of sp³-hybridized carbons (Fsp3) is 0.500. The normalized spacial score (nSPS) is 12.9. The average Bonchev–Trinajstić information content (AvgIpc) is 2.79. The van der Waals surface area contributed by atoms with Gasteiger partial charge in [0.2, 0.25) is 0 Å². The molecule has 5 nitrogen and oxygen atoms in total. The standard InChI is InChI=1S/C12H18N4O/c1-4-5-8(2)16(3)10-7-6-9(13)11-12(10)15-17-14-11/h6-8H,4-5,13H2,1-3H3. The molecular formula is C12H18N4O. The Labute approximate surface area is 101 Å². The molecule has 92 valence electrons. The van der Waals surface area contributed by atoms with Crippen molar-refractivity contribution in [2.75, 3.05) is 17.7 Å². The molecule has 0 aliphatic heterocycles. The first kappa shape index (κ1) is 11.7. The largest absolute Gasteiger partial charge is 0.397 e. The molecule has 0 bridgehead atoms. The van der Waals surface area contributed by atoms with Crippen molar-refractivity contribution in [3.05, 3.63) is 12.1 Å². The van der Waals surface area contributed by atoms with Gasteiger partial charge in [-0.15, -0.1) is 0 Å². The van der Waals surface area contributed by atoms with Gasteiger partial charge in [0.05, 0.1) is 11.4 Å². The number of benzene rings is 1. The summed E-state index contributed by atoms with van der Waals surface area (Å²) in [6, 6.07) is 4.26. The Bertz CT molecular complexity index is 508. The van der Waals surface area contributed by atoms with Crippen LogP contribution in [0, 0.1) is 0 Å². The number of aromatic nitrogens is 2. The fourth-order valence-corrected chi connectivity index (χ4v) is 2.01. The molecule has 0 saturated heterocycles. The fourth-order valence-electron chi connectivity index (χ4n) is 2.01. The number of hydrogen-bond donors (Lipinski definition) is 1. The molecule has 0 aliphatic rings. The second-order valence-electron chi connectivity index (χ2n) is 4.38. The average molecular weight is 234 g/mol. The van der Waals surface area contributed by atoms with Crippen molar-refractivity contribution in [3.63, 3.8) is 0 Å². The molecule has 5 heteroatoms. The molecule has 1 aromatic carbocycles. The van der Waals surface area contributed by atoms with E-state index >= 15 is 0 Å². The zero-order chi connectivity index (χ0) is 12.4. The Kier molecular flexibility index (Phi) is 3.17. The van der Waals surface area contributed by atoms with E-state index in [9.17, 15) is 0 Å². The summed E-state index contributed by atoms with van der Waals surface area (Å²) >= 11 is 0. The van der Waals surface area contributed by atoms with Crippen LogP contribution in [0.25, 0.3) is 11.0 Å². The number of nitrogens with two attached hydrogens (primary N) is 1. The lowest BCUT2D eigenvalue weighted by Crippen LogP contribution is -2.28. The van der Waals surface area contributed by atoms with E-state index < -0.39 is 0 Å². The topological polar surface area (TPSA) is 68.2 Å². The van der Waals surface area contributed by atoms with E-state index in [0.29, 0.717) is 17.2 Å². The number of nitrogens with zero attached hydrogens (tertiary/aromatic N) is 3. The van der Waals surface area contributed by atoms with Crippen LogP contribution in [-0.2, 0) is 0 Å². The van der Waals surface area contributed by atoms with Crippen molar-refractivity contribution in [3.8, 4) is 0 Å². The first-order valence-corrected chi connectivity index (χ1v) is 5.88. The van der Waals surface area contributed by atoms with Crippen LogP contribution in [0.1, 0.15) is 26.7 Å². The lowest BCUT2D eigenvalue weighted by molar-refractivity contribution is 0.315. The number of hydrogen-bond acceptors (Lipinski definition) is 5. The van der Waals surface area contributed by atoms with Gasteiger partial charge in [0.15, 0.2) is 11.0 Å². The summed E-state index contributed by atoms with van der Waals surface area (Å²) in [6.07, 6.45) is 2.29. The molecule has 2 rings (SSSR count). The summed E-state index contributed by atoms with van der Waals surface area (Å²) in [4.78, 5) is 2.19. The summed E-state index contributed by atoms with van der Waals surface area (Å²) in [7, 11) is 2.06. The SMILES string of the molecule is CCCC(C)N(C)c1ccc(N)c2nonc12. The highest BCUT2D eigenvalue weighted by Gasteiger charge is 2.16. The van der Waals surface area contributed by atoms with Crippen molar-refractivity contribution in [1.29, 1.82) is 0 Å². The van der Waals surface area contributed by atoms with E-state index in [1.165, 1.54) is 0 Å². The third kappa shape index (κ3) is 2.05. The minimum Gasteiger partial charge on any atom is -0.397 e. The quantitative estimate of drug-likeness (QED) is 0.823. The van der Waals surface area contributed by atoms with Gasteiger partial charge in [0.25, 0.3) is 0 Å². The van der Waals surface area contributed by atoms with Crippen LogP contribution in [0.4, 0.5) is 11.4 Å². The maximum Gasteiger partial charge on any atom is 0.160 e. The number of fused-ring (bicyclic) bond motifs is 1. The molecule has 1 aromatic heterocycles. The van der Waals surface area contributed by atoms with Gasteiger partial charge in [-0.1, -0.05) is 13.3 Å². The molecule has 17 heavy (non-hydrogen) atoms. The van der Waals surface area contributed by atoms with E-state index in [1.807, 2.05) is 12.1 Å². The second kappa shape index (κ2) is 4.61. The van der Waals surface area contributed by atoms with E-state index in [0.717, 1.165) is 24.0 Å². The van der Waals surface area contributed by atoms with Crippen LogP contribution >= 0.6 is 0 Å². The Morgan fingerprint density at radius 2 is 2.06 bits per heavy atom. The summed E-state index contributed by atoms with van der Waals surface area (Å²) in [5.41, 5.74) is 8.80. The molecule has 1 unspecified atom stereocenters. The van der Waals surface area contributed by atoms with Crippen LogP contribution in [0.15, 0.2) is 16.8 Å². The molecule has 1 atom stereocenters. The molecule has 0 fully saturated rings. The van der Waals surface area contributed by atoms with Gasteiger partial charge in [-0.2, -0.15) is 0 Å². The maximum atomic E-state index is 5.82. The predicted molar refractivity (Wildman–Crippen MR) is 69.0 cm³/mol. The Balaban J connectivity index is 2.41. The van der Waals surface area contributed by atoms with Crippen LogP contribution in [0.2, 0.25) is 0 Å². The molecule has 0 saturated carbocycles. The molecule has 0 amide bonds. The molecule has 0 radical (unpaired) electrons. The van der Waals surface area contributed by atoms with E-state index in [1.54, 1.807) is 0 Å². The third-order valence-electron chi connectivity index (χ3n) is 3.17. The van der Waals surface area contributed by atoms with Crippen molar-refractivity contribution in [1.82, 2.24) is 10.3 Å². The summed E-state index contributed by atoms with van der Waals surface area (Å²) < 4.78 is 4.77. The minimum atomic E-state index is 0.448. The van der Waals surface area contributed by atoms with Gasteiger partial charge in [0.1, 0.15) is 0 Å². The van der Waals surface area contributed by atoms with Crippen LogP contribution in [0.5, 0.6) is 0 Å². The van der Waals surface area contributed by atoms with Gasteiger partial charge in [-0.25, -0.2) is 4.63 Å². The van der Waals surface area contributed by atoms with Gasteiger partial charge in [0, 0.05) is 13.1 Å². The lowest BCUT2D eigenvalue weighted by Gasteiger charge is -2.26. The Hall–Kier alpha value is -1.78. The molecule has 0 aliphatic carbocycles. The van der Waals surface area contributed by atoms with Crippen molar-refractivity contribution in [2.24, 2.45) is 0 Å². The van der Waals surface area contributed by atoms with Crippen molar-refractivity contribution < 1.29 is 4.63 Å². The highest BCUT2D eigenvalue weighted by molar-refractivity contribution is 5.95. The van der Waals surface area contributed by atoms with Crippen LogP contribution < -0.4 is 10.6 Å². The van der Waals surface area contributed by atoms with E-state index in [2.05, 4.69) is 36.1 Å². The number of nitrogen functional groups attached to an aromatic ring is 1. The second-order valence-corrected chi connectivity index (χ2v) is 4.38. The molecule has 0 spiro atoms. The van der Waals surface area contributed by atoms with Gasteiger partial charge in [-0.3, -0.25) is 0 Å². The van der Waals surface area contributed by atoms with Crippen LogP contribution in [0.3, 0.4) is 0 Å². The molecule has 2 aromatic rings. The highest BCUT2D eigenvalue weighted by atomic mass is 16.6. The number of rotatable bonds is 4. The van der Waals surface area contributed by atoms with Gasteiger partial charge >= 0.3 is 0 Å². The van der Waals surface area contributed by atoms with Gasteiger partial charge in [-0.05, 0) is 35.8 Å². The maximum absolute atomic E-state index is 5.82. The van der Waals surface area contributed by atoms with Gasteiger partial charge < -0.3 is 10.6 Å². The monoisotopic (exact) mass is 234 g/mol. The van der Waals surface area contributed by atoms with Crippen LogP contribution in [-0.4, -0.2) is 23.4 Å². The first-order valence-electron chi connectivity index (χ1n) is 5.88. The minimum absolute atomic E-state index is 0.448. The molecule has 1 heterocycles. The van der Waals surface area contributed by atoms with Crippen molar-refractivity contribution in [2.45, 2.75) is 32.7 Å². The Morgan fingerprint density at radius 3 is 2.76 bits per heavy atom. The lowest BCUT2D eigenvalue weighted by atomic mass is 10.1. The first-order chi connectivity index (χ1) is 8.15. The highest BCUT2D eigenvalue weighted by Crippen LogP contribution is 2.29. The predicted octanol–water partition coefficient (Wildman–Crippen LogP) is 2.43. The smallest absolute Gasteiger partial charge is 0.160 e. The summed E-state index contributed by atoms with van der Waals surface area (Å²) in [5, 5.41) is 7.76. The summed E-state index contributed by atoms with van der Waals surface area (Å²) in [6.45, 7) is 4.37. The third-order valence-corrected chi connectivity index (χ3v) is 3.17. The van der Waals surface area contributed by atoms with Crippen molar-refractivity contribution >= 4 is 22.4 Å². The zero-order valence-corrected chi connectivity index (χ0v) is 10.5. The summed E-state index contributed by atoms with van der Waals surface area (Å²) in [5.74, 6) is 0. The number of anilines is 2. The van der Waals surface area contributed by atoms with E-state index in [4.69, 9.17) is 10.4 Å². The molecular weight excluding hydrogens is 216 g/mol. The Morgan fingerprint density at radius 1 is 1.35 bits per heavy atom.